The first kappa shape index (κ1) is 15.8. The van der Waals surface area contributed by atoms with Gasteiger partial charge in [-0.2, -0.15) is 5.10 Å². The first-order chi connectivity index (χ1) is 9.74. The number of nitrogens with zero attached hydrogens (tertiary/aromatic N) is 2. The van der Waals surface area contributed by atoms with Crippen LogP contribution < -0.4 is 10.5 Å². The Morgan fingerprint density at radius 2 is 1.90 bits per heavy atom. The van der Waals surface area contributed by atoms with Crippen LogP contribution in [-0.2, 0) is 16.6 Å². The van der Waals surface area contributed by atoms with Crippen molar-refractivity contribution in [2.75, 3.05) is 10.5 Å². The van der Waals surface area contributed by atoms with Gasteiger partial charge in [0.1, 0.15) is 4.90 Å². The average Bonchev–Trinajstić information content (AvgIpc) is 2.76. The Labute approximate surface area is 132 Å². The molecule has 0 bridgehead atoms. The van der Waals surface area contributed by atoms with Crippen molar-refractivity contribution in [3.63, 3.8) is 0 Å². The van der Waals surface area contributed by atoms with Gasteiger partial charge in [-0.1, -0.05) is 15.9 Å². The molecule has 0 saturated heterocycles. The number of rotatable bonds is 4. The first-order valence-electron chi connectivity index (χ1n) is 6.37. The van der Waals surface area contributed by atoms with Crippen molar-refractivity contribution < 1.29 is 8.42 Å². The van der Waals surface area contributed by atoms with Gasteiger partial charge in [-0.3, -0.25) is 9.40 Å². The Morgan fingerprint density at radius 3 is 2.38 bits per heavy atom. The van der Waals surface area contributed by atoms with Crippen LogP contribution in [0.3, 0.4) is 0 Å². The van der Waals surface area contributed by atoms with Crippen LogP contribution in [0.5, 0.6) is 0 Å². The van der Waals surface area contributed by atoms with E-state index >= 15 is 0 Å². The van der Waals surface area contributed by atoms with E-state index < -0.39 is 10.0 Å². The minimum absolute atomic E-state index is 0.00299. The van der Waals surface area contributed by atoms with Crippen LogP contribution in [0.1, 0.15) is 18.1 Å². The van der Waals surface area contributed by atoms with E-state index in [1.54, 1.807) is 0 Å². The van der Waals surface area contributed by atoms with E-state index in [0.717, 1.165) is 15.6 Å². The molecule has 0 aliphatic rings. The summed E-state index contributed by atoms with van der Waals surface area (Å²) in [6.07, 6.45) is 1.43. The summed E-state index contributed by atoms with van der Waals surface area (Å²) in [4.78, 5) is -0.00827. The molecule has 6 nitrogen and oxygen atoms in total. The van der Waals surface area contributed by atoms with Crippen molar-refractivity contribution >= 4 is 37.5 Å². The molecular weight excluding hydrogens is 356 g/mol. The minimum atomic E-state index is -3.76. The molecule has 8 heteroatoms. The highest BCUT2D eigenvalue weighted by Crippen LogP contribution is 2.28. The molecule has 0 aliphatic carbocycles. The molecular formula is C13H17BrN4O2S. The Kier molecular flexibility index (Phi) is 4.29. The molecule has 0 spiro atoms. The molecule has 0 unspecified atom stereocenters. The van der Waals surface area contributed by atoms with E-state index in [4.69, 9.17) is 5.73 Å². The van der Waals surface area contributed by atoms with Gasteiger partial charge in [0, 0.05) is 17.2 Å². The van der Waals surface area contributed by atoms with Crippen LogP contribution in [-0.4, -0.2) is 18.2 Å². The van der Waals surface area contributed by atoms with E-state index in [1.807, 2.05) is 32.9 Å². The van der Waals surface area contributed by atoms with E-state index in [1.165, 1.54) is 10.9 Å². The highest BCUT2D eigenvalue weighted by Gasteiger charge is 2.22. The van der Waals surface area contributed by atoms with Gasteiger partial charge in [-0.15, -0.1) is 0 Å². The second-order valence-electron chi connectivity index (χ2n) is 4.75. The van der Waals surface area contributed by atoms with Gasteiger partial charge in [-0.05, 0) is 44.0 Å². The van der Waals surface area contributed by atoms with Crippen LogP contribution >= 0.6 is 15.9 Å². The molecule has 1 aromatic heterocycles. The third kappa shape index (κ3) is 3.21. The number of benzene rings is 1. The summed E-state index contributed by atoms with van der Waals surface area (Å²) in [5.74, 6) is -0.00299. The molecule has 1 heterocycles. The third-order valence-corrected chi connectivity index (χ3v) is 4.93. The zero-order valence-corrected chi connectivity index (χ0v) is 14.4. The van der Waals surface area contributed by atoms with Crippen LogP contribution in [0.4, 0.5) is 11.5 Å². The number of halogens is 1. The van der Waals surface area contributed by atoms with Crippen molar-refractivity contribution in [1.29, 1.82) is 0 Å². The fourth-order valence-corrected chi connectivity index (χ4v) is 4.01. The van der Waals surface area contributed by atoms with Crippen molar-refractivity contribution in [3.8, 4) is 0 Å². The zero-order chi connectivity index (χ0) is 15.8. The maximum absolute atomic E-state index is 12.5. The molecule has 0 saturated carbocycles. The van der Waals surface area contributed by atoms with Crippen LogP contribution in [0.25, 0.3) is 0 Å². The molecule has 21 heavy (non-hydrogen) atoms. The summed E-state index contributed by atoms with van der Waals surface area (Å²) < 4.78 is 30.0. The Balaban J connectivity index is 2.44. The lowest BCUT2D eigenvalue weighted by molar-refractivity contribution is 0.600. The first-order valence-corrected chi connectivity index (χ1v) is 8.64. The Bertz CT molecular complexity index is 760. The third-order valence-electron chi connectivity index (χ3n) is 3.10. The van der Waals surface area contributed by atoms with Gasteiger partial charge < -0.3 is 5.73 Å². The number of aromatic nitrogens is 2. The highest BCUT2D eigenvalue weighted by atomic mass is 79.9. The fraction of sp³-hybridized carbons (Fsp3) is 0.308. The normalized spacial score (nSPS) is 11.6. The number of anilines is 2. The van der Waals surface area contributed by atoms with Gasteiger partial charge in [0.2, 0.25) is 0 Å². The SMILES string of the molecule is CCn1cc(S(=O)(=O)Nc2c(C)cc(Br)cc2C)c(N)n1. The smallest absolute Gasteiger partial charge is 0.267 e. The summed E-state index contributed by atoms with van der Waals surface area (Å²) in [7, 11) is -3.76. The van der Waals surface area contributed by atoms with Gasteiger partial charge in [0.15, 0.2) is 5.82 Å². The zero-order valence-electron chi connectivity index (χ0n) is 12.0. The summed E-state index contributed by atoms with van der Waals surface area (Å²) in [6, 6.07) is 3.70. The van der Waals surface area contributed by atoms with Crippen LogP contribution in [0.15, 0.2) is 27.7 Å². The molecule has 0 radical (unpaired) electrons. The number of hydrogen-bond acceptors (Lipinski definition) is 4. The van der Waals surface area contributed by atoms with E-state index in [-0.39, 0.29) is 10.7 Å². The monoisotopic (exact) mass is 372 g/mol. The number of nitrogens with one attached hydrogen (secondary N) is 1. The summed E-state index contributed by atoms with van der Waals surface area (Å²) >= 11 is 3.39. The van der Waals surface area contributed by atoms with Crippen molar-refractivity contribution in [3.05, 3.63) is 33.9 Å². The largest absolute Gasteiger partial charge is 0.381 e. The summed E-state index contributed by atoms with van der Waals surface area (Å²) in [5, 5.41) is 3.96. The number of sulfonamides is 1. The quantitative estimate of drug-likeness (QED) is 0.862. The van der Waals surface area contributed by atoms with Gasteiger partial charge in [-0.25, -0.2) is 8.42 Å². The van der Waals surface area contributed by atoms with Crippen molar-refractivity contribution in [2.24, 2.45) is 0 Å². The molecule has 0 atom stereocenters. The lowest BCUT2D eigenvalue weighted by Crippen LogP contribution is -2.15. The molecule has 0 fully saturated rings. The van der Waals surface area contributed by atoms with E-state index in [0.29, 0.717) is 12.2 Å². The topological polar surface area (TPSA) is 90.0 Å². The molecule has 0 aliphatic heterocycles. The number of nitrogens with two attached hydrogens (primary N) is 1. The fourth-order valence-electron chi connectivity index (χ4n) is 2.05. The van der Waals surface area contributed by atoms with Crippen molar-refractivity contribution in [2.45, 2.75) is 32.2 Å². The average molecular weight is 373 g/mol. The van der Waals surface area contributed by atoms with E-state index in [9.17, 15) is 8.42 Å². The minimum Gasteiger partial charge on any atom is -0.381 e. The number of nitrogen functional groups attached to an aromatic ring is 1. The second-order valence-corrected chi connectivity index (χ2v) is 7.32. The maximum atomic E-state index is 12.5. The predicted octanol–water partition coefficient (Wildman–Crippen LogP) is 2.67. The van der Waals surface area contributed by atoms with Crippen LogP contribution in [0.2, 0.25) is 0 Å². The van der Waals surface area contributed by atoms with Crippen molar-refractivity contribution in [1.82, 2.24) is 9.78 Å². The lowest BCUT2D eigenvalue weighted by atomic mass is 10.1. The van der Waals surface area contributed by atoms with Crippen LogP contribution in [0, 0.1) is 13.8 Å². The molecule has 114 valence electrons. The van der Waals surface area contributed by atoms with Gasteiger partial charge in [0.05, 0.1) is 5.69 Å². The molecule has 2 aromatic rings. The maximum Gasteiger partial charge on any atom is 0.267 e. The lowest BCUT2D eigenvalue weighted by Gasteiger charge is -2.13. The number of hydrogen-bond donors (Lipinski definition) is 2. The molecule has 2 rings (SSSR count). The summed E-state index contributed by atoms with van der Waals surface area (Å²) in [5.41, 5.74) is 7.91. The number of aryl methyl sites for hydroxylation is 3. The Hall–Kier alpha value is -1.54. The second kappa shape index (κ2) is 5.69. The van der Waals surface area contributed by atoms with Gasteiger partial charge in [0.25, 0.3) is 10.0 Å². The molecule has 3 N–H and O–H groups in total. The summed E-state index contributed by atoms with van der Waals surface area (Å²) in [6.45, 7) is 6.10. The Morgan fingerprint density at radius 1 is 1.33 bits per heavy atom. The predicted molar refractivity (Wildman–Crippen MR) is 86.7 cm³/mol. The molecule has 0 amide bonds. The van der Waals surface area contributed by atoms with Gasteiger partial charge >= 0.3 is 0 Å². The highest BCUT2D eigenvalue weighted by molar-refractivity contribution is 9.10. The molecule has 1 aromatic carbocycles. The standard InChI is InChI=1S/C13H17BrN4O2S/c1-4-18-7-11(13(15)16-18)21(19,20)17-12-8(2)5-10(14)6-9(12)3/h5-7,17H,4H2,1-3H3,(H2,15,16). The van der Waals surface area contributed by atoms with E-state index in [2.05, 4.69) is 25.8 Å².